The highest BCUT2D eigenvalue weighted by Gasteiger charge is 2.17. The van der Waals surface area contributed by atoms with E-state index in [4.69, 9.17) is 21.1 Å². The molecule has 1 unspecified atom stereocenters. The maximum absolute atomic E-state index is 6.14. The molecule has 0 N–H and O–H groups in total. The molecular weight excluding hydrogens is 279 g/mol. The van der Waals surface area contributed by atoms with Crippen LogP contribution in [0.15, 0.2) is 12.1 Å². The minimum atomic E-state index is 0.246. The Morgan fingerprint density at radius 1 is 1.33 bits per heavy atom. The molecule has 2 nitrogen and oxygen atoms in total. The van der Waals surface area contributed by atoms with Gasteiger partial charge in [-0.05, 0) is 12.5 Å². The molecule has 1 aromatic carbocycles. The predicted molar refractivity (Wildman–Crippen MR) is 66.5 cm³/mol. The number of rotatable bonds is 4. The van der Waals surface area contributed by atoms with Crippen molar-refractivity contribution in [2.24, 2.45) is 0 Å². The van der Waals surface area contributed by atoms with Gasteiger partial charge in [0.1, 0.15) is 16.5 Å². The quantitative estimate of drug-likeness (QED) is 0.775. The summed E-state index contributed by atoms with van der Waals surface area (Å²) in [6.07, 6.45) is 0.971. The normalized spacial score (nSPS) is 12.3. The van der Waals surface area contributed by atoms with Gasteiger partial charge in [0.15, 0.2) is 0 Å². The average molecular weight is 294 g/mol. The first-order chi connectivity index (χ1) is 7.15. The number of benzene rings is 1. The molecule has 15 heavy (non-hydrogen) atoms. The second kappa shape index (κ2) is 5.61. The molecule has 0 aliphatic heterocycles. The van der Waals surface area contributed by atoms with Gasteiger partial charge >= 0.3 is 0 Å². The zero-order valence-corrected chi connectivity index (χ0v) is 11.4. The molecule has 1 aromatic rings. The SMILES string of the molecule is CCC(Br)c1ccc(OC)c(Cl)c1OC. The number of alkyl halides is 1. The first kappa shape index (κ1) is 12.7. The Bertz CT molecular complexity index is 342. The van der Waals surface area contributed by atoms with Gasteiger partial charge in [0.25, 0.3) is 0 Å². The smallest absolute Gasteiger partial charge is 0.145 e. The molecule has 0 amide bonds. The van der Waals surface area contributed by atoms with E-state index in [1.54, 1.807) is 14.2 Å². The van der Waals surface area contributed by atoms with E-state index in [0.29, 0.717) is 16.5 Å². The van der Waals surface area contributed by atoms with Crippen molar-refractivity contribution in [1.29, 1.82) is 0 Å². The summed E-state index contributed by atoms with van der Waals surface area (Å²) in [6.45, 7) is 2.09. The van der Waals surface area contributed by atoms with E-state index >= 15 is 0 Å². The lowest BCUT2D eigenvalue weighted by Crippen LogP contribution is -1.97. The Morgan fingerprint density at radius 3 is 2.47 bits per heavy atom. The van der Waals surface area contributed by atoms with Crippen molar-refractivity contribution in [2.75, 3.05) is 14.2 Å². The van der Waals surface area contributed by atoms with Crippen molar-refractivity contribution in [2.45, 2.75) is 18.2 Å². The van der Waals surface area contributed by atoms with Gasteiger partial charge in [0.05, 0.1) is 14.2 Å². The summed E-state index contributed by atoms with van der Waals surface area (Å²) in [5.41, 5.74) is 1.05. The van der Waals surface area contributed by atoms with Crippen LogP contribution in [0.5, 0.6) is 11.5 Å². The molecule has 1 rings (SSSR count). The molecule has 84 valence electrons. The highest BCUT2D eigenvalue weighted by molar-refractivity contribution is 9.09. The molecular formula is C11H14BrClO2. The third kappa shape index (κ3) is 2.58. The molecule has 4 heteroatoms. The first-order valence-corrected chi connectivity index (χ1v) is 5.99. The van der Waals surface area contributed by atoms with E-state index in [1.165, 1.54) is 0 Å². The number of halogens is 2. The van der Waals surface area contributed by atoms with Crippen molar-refractivity contribution >= 4 is 27.5 Å². The van der Waals surface area contributed by atoms with Crippen LogP contribution in [-0.4, -0.2) is 14.2 Å². The third-order valence-corrected chi connectivity index (χ3v) is 3.71. The molecule has 0 aromatic heterocycles. The summed E-state index contributed by atoms with van der Waals surface area (Å²) in [5.74, 6) is 1.31. The monoisotopic (exact) mass is 292 g/mol. The van der Waals surface area contributed by atoms with E-state index in [1.807, 2.05) is 12.1 Å². The van der Waals surface area contributed by atoms with Crippen molar-refractivity contribution in [3.05, 3.63) is 22.7 Å². The topological polar surface area (TPSA) is 18.5 Å². The van der Waals surface area contributed by atoms with Crippen molar-refractivity contribution < 1.29 is 9.47 Å². The Kier molecular flexibility index (Phi) is 4.74. The largest absolute Gasteiger partial charge is 0.495 e. The van der Waals surface area contributed by atoms with Crippen molar-refractivity contribution in [3.63, 3.8) is 0 Å². The van der Waals surface area contributed by atoms with Gasteiger partial charge in [-0.1, -0.05) is 40.5 Å². The van der Waals surface area contributed by atoms with Gasteiger partial charge in [-0.25, -0.2) is 0 Å². The zero-order valence-electron chi connectivity index (χ0n) is 9.01. The highest BCUT2D eigenvalue weighted by atomic mass is 79.9. The zero-order chi connectivity index (χ0) is 11.4. The maximum Gasteiger partial charge on any atom is 0.145 e. The number of methoxy groups -OCH3 is 2. The van der Waals surface area contributed by atoms with Crippen LogP contribution in [0.4, 0.5) is 0 Å². The van der Waals surface area contributed by atoms with Crippen LogP contribution < -0.4 is 9.47 Å². The summed E-state index contributed by atoms with van der Waals surface area (Å²) >= 11 is 9.72. The van der Waals surface area contributed by atoms with Gasteiger partial charge in [0, 0.05) is 10.4 Å². The molecule has 0 aliphatic carbocycles. The fraction of sp³-hybridized carbons (Fsp3) is 0.455. The Labute approximate surface area is 104 Å². The van der Waals surface area contributed by atoms with Crippen molar-refractivity contribution in [3.8, 4) is 11.5 Å². The highest BCUT2D eigenvalue weighted by Crippen LogP contribution is 2.42. The maximum atomic E-state index is 6.14. The summed E-state index contributed by atoms with van der Waals surface area (Å²) in [6, 6.07) is 3.82. The molecule has 1 atom stereocenters. The molecule has 0 fully saturated rings. The summed E-state index contributed by atoms with van der Waals surface area (Å²) in [7, 11) is 3.20. The molecule has 0 saturated heterocycles. The molecule has 0 heterocycles. The minimum absolute atomic E-state index is 0.246. The predicted octanol–water partition coefficient (Wildman–Crippen LogP) is 4.20. The first-order valence-electron chi connectivity index (χ1n) is 4.70. The van der Waals surface area contributed by atoms with Crippen LogP contribution in [0.2, 0.25) is 5.02 Å². The summed E-state index contributed by atoms with van der Waals surface area (Å²) < 4.78 is 10.4. The van der Waals surface area contributed by atoms with E-state index < -0.39 is 0 Å². The lowest BCUT2D eigenvalue weighted by molar-refractivity contribution is 0.391. The van der Waals surface area contributed by atoms with Crippen LogP contribution in [0.3, 0.4) is 0 Å². The van der Waals surface area contributed by atoms with Crippen LogP contribution in [0.25, 0.3) is 0 Å². The van der Waals surface area contributed by atoms with Crippen LogP contribution in [-0.2, 0) is 0 Å². The van der Waals surface area contributed by atoms with E-state index in [9.17, 15) is 0 Å². The molecule has 0 spiro atoms. The van der Waals surface area contributed by atoms with E-state index in [-0.39, 0.29) is 4.83 Å². The van der Waals surface area contributed by atoms with Gasteiger partial charge in [-0.15, -0.1) is 0 Å². The fourth-order valence-corrected chi connectivity index (χ4v) is 2.07. The van der Waals surface area contributed by atoms with Gasteiger partial charge in [0.2, 0.25) is 0 Å². The second-order valence-corrected chi connectivity index (χ2v) is 4.56. The minimum Gasteiger partial charge on any atom is -0.495 e. The Balaban J connectivity index is 3.24. The molecule has 0 bridgehead atoms. The van der Waals surface area contributed by atoms with Crippen molar-refractivity contribution in [1.82, 2.24) is 0 Å². The Hall–Kier alpha value is -0.410. The number of hydrogen-bond donors (Lipinski definition) is 0. The Morgan fingerprint density at radius 2 is 2.00 bits per heavy atom. The third-order valence-electron chi connectivity index (χ3n) is 2.21. The second-order valence-electron chi connectivity index (χ2n) is 3.08. The molecule has 0 saturated carbocycles. The fourth-order valence-electron chi connectivity index (χ4n) is 1.38. The molecule has 0 radical (unpaired) electrons. The molecule has 0 aliphatic rings. The van der Waals surface area contributed by atoms with E-state index in [2.05, 4.69) is 22.9 Å². The van der Waals surface area contributed by atoms with Crippen LogP contribution in [0, 0.1) is 0 Å². The van der Waals surface area contributed by atoms with Crippen LogP contribution in [0.1, 0.15) is 23.7 Å². The van der Waals surface area contributed by atoms with Crippen LogP contribution >= 0.6 is 27.5 Å². The lowest BCUT2D eigenvalue weighted by atomic mass is 10.1. The average Bonchev–Trinajstić information content (AvgIpc) is 2.27. The lowest BCUT2D eigenvalue weighted by Gasteiger charge is -2.15. The standard InChI is InChI=1S/C11H14BrClO2/c1-4-8(12)7-5-6-9(14-2)10(13)11(7)15-3/h5-6,8H,4H2,1-3H3. The number of hydrogen-bond acceptors (Lipinski definition) is 2. The van der Waals surface area contributed by atoms with E-state index in [0.717, 1.165) is 12.0 Å². The summed E-state index contributed by atoms with van der Waals surface area (Å²) in [4.78, 5) is 0.246. The van der Waals surface area contributed by atoms with Gasteiger partial charge < -0.3 is 9.47 Å². The summed E-state index contributed by atoms with van der Waals surface area (Å²) in [5, 5.41) is 0.524. The van der Waals surface area contributed by atoms with Gasteiger partial charge in [-0.3, -0.25) is 0 Å². The van der Waals surface area contributed by atoms with Gasteiger partial charge in [-0.2, -0.15) is 0 Å². The number of ether oxygens (including phenoxy) is 2.